The molecule has 0 aromatic heterocycles. The van der Waals surface area contributed by atoms with Crippen molar-refractivity contribution in [3.63, 3.8) is 0 Å². The first-order valence-corrected chi connectivity index (χ1v) is 8.94. The van der Waals surface area contributed by atoms with E-state index in [4.69, 9.17) is 21.1 Å². The van der Waals surface area contributed by atoms with Crippen molar-refractivity contribution in [3.8, 4) is 0 Å². The minimum Gasteiger partial charge on any atom is -0.379 e. The van der Waals surface area contributed by atoms with Gasteiger partial charge in [-0.2, -0.15) is 0 Å². The molecule has 0 spiro atoms. The van der Waals surface area contributed by atoms with Crippen molar-refractivity contribution in [1.29, 1.82) is 0 Å². The average molecular weight is 484 g/mol. The van der Waals surface area contributed by atoms with Crippen LogP contribution in [0.25, 0.3) is 0 Å². The Balaban J connectivity index is 0.00000576. The molecule has 0 aliphatic heterocycles. The number of benzene rings is 1. The third-order valence-corrected chi connectivity index (χ3v) is 3.85. The third kappa shape index (κ3) is 10.9. The second-order valence-corrected chi connectivity index (χ2v) is 5.87. The Labute approximate surface area is 173 Å². The van der Waals surface area contributed by atoms with Crippen LogP contribution in [0, 0.1) is 0 Å². The quantitative estimate of drug-likeness (QED) is 0.216. The lowest BCUT2D eigenvalue weighted by Gasteiger charge is -2.19. The summed E-state index contributed by atoms with van der Waals surface area (Å²) >= 11 is 6.22. The molecule has 0 bridgehead atoms. The standard InChI is InChI=1S/C18H30ClN3O2.HI/c1-4-5-11-23-13-14-24-12-10-21-18(20-3)22-15(2)16-8-6-7-9-17(16)19;/h6-9,15H,4-5,10-14H2,1-3H3,(H2,20,21,22);1H. The monoisotopic (exact) mass is 483 g/mol. The van der Waals surface area contributed by atoms with E-state index < -0.39 is 0 Å². The van der Waals surface area contributed by atoms with Crippen molar-refractivity contribution in [3.05, 3.63) is 34.9 Å². The van der Waals surface area contributed by atoms with Gasteiger partial charge in [-0.25, -0.2) is 0 Å². The molecule has 1 aromatic rings. The van der Waals surface area contributed by atoms with Gasteiger partial charge in [0.25, 0.3) is 0 Å². The minimum absolute atomic E-state index is 0. The van der Waals surface area contributed by atoms with Crippen LogP contribution in [0.2, 0.25) is 5.02 Å². The highest BCUT2D eigenvalue weighted by Gasteiger charge is 2.10. The lowest BCUT2D eigenvalue weighted by molar-refractivity contribution is 0.0487. The maximum absolute atomic E-state index is 6.22. The van der Waals surface area contributed by atoms with Crippen LogP contribution in [0.5, 0.6) is 0 Å². The lowest BCUT2D eigenvalue weighted by Crippen LogP contribution is -2.40. The van der Waals surface area contributed by atoms with E-state index in [0.717, 1.165) is 36.0 Å². The van der Waals surface area contributed by atoms with E-state index in [1.54, 1.807) is 7.05 Å². The Morgan fingerprint density at radius 2 is 1.84 bits per heavy atom. The molecule has 2 N–H and O–H groups in total. The third-order valence-electron chi connectivity index (χ3n) is 3.50. The van der Waals surface area contributed by atoms with Gasteiger partial charge in [0.15, 0.2) is 5.96 Å². The Morgan fingerprint density at radius 3 is 2.48 bits per heavy atom. The summed E-state index contributed by atoms with van der Waals surface area (Å²) in [6.45, 7) is 7.58. The summed E-state index contributed by atoms with van der Waals surface area (Å²) in [6, 6.07) is 7.87. The fourth-order valence-electron chi connectivity index (χ4n) is 2.11. The van der Waals surface area contributed by atoms with Crippen LogP contribution in [-0.2, 0) is 9.47 Å². The maximum atomic E-state index is 6.22. The van der Waals surface area contributed by atoms with Crippen LogP contribution in [0.15, 0.2) is 29.3 Å². The largest absolute Gasteiger partial charge is 0.379 e. The van der Waals surface area contributed by atoms with Gasteiger partial charge < -0.3 is 20.1 Å². The summed E-state index contributed by atoms with van der Waals surface area (Å²) in [5.41, 5.74) is 1.04. The van der Waals surface area contributed by atoms with Crippen LogP contribution in [0.3, 0.4) is 0 Å². The average Bonchev–Trinajstić information content (AvgIpc) is 2.59. The summed E-state index contributed by atoms with van der Waals surface area (Å²) in [4.78, 5) is 4.22. The van der Waals surface area contributed by atoms with Gasteiger partial charge in [0.2, 0.25) is 0 Å². The summed E-state index contributed by atoms with van der Waals surface area (Å²) < 4.78 is 11.0. The molecule has 0 saturated heterocycles. The summed E-state index contributed by atoms with van der Waals surface area (Å²) in [5.74, 6) is 0.727. The zero-order valence-electron chi connectivity index (χ0n) is 15.4. The second-order valence-electron chi connectivity index (χ2n) is 5.46. The minimum atomic E-state index is 0. The van der Waals surface area contributed by atoms with Crippen LogP contribution < -0.4 is 10.6 Å². The molecule has 1 aromatic carbocycles. The second kappa shape index (κ2) is 15.7. The fourth-order valence-corrected chi connectivity index (χ4v) is 2.41. The number of guanidine groups is 1. The van der Waals surface area contributed by atoms with Gasteiger partial charge in [-0.15, -0.1) is 24.0 Å². The molecule has 7 heteroatoms. The summed E-state index contributed by atoms with van der Waals surface area (Å²) in [6.07, 6.45) is 2.26. The maximum Gasteiger partial charge on any atom is 0.191 e. The van der Waals surface area contributed by atoms with Crippen LogP contribution in [-0.4, -0.2) is 46.0 Å². The number of aliphatic imine (C=N–C) groups is 1. The van der Waals surface area contributed by atoms with E-state index in [0.29, 0.717) is 26.4 Å². The summed E-state index contributed by atoms with van der Waals surface area (Å²) in [7, 11) is 1.75. The molecular weight excluding hydrogens is 453 g/mol. The summed E-state index contributed by atoms with van der Waals surface area (Å²) in [5, 5.41) is 7.30. The van der Waals surface area contributed by atoms with Crippen molar-refractivity contribution < 1.29 is 9.47 Å². The van der Waals surface area contributed by atoms with Crippen LogP contribution in [0.4, 0.5) is 0 Å². The predicted molar refractivity (Wildman–Crippen MR) is 116 cm³/mol. The molecule has 1 unspecified atom stereocenters. The Bertz CT molecular complexity index is 489. The molecule has 0 heterocycles. The van der Waals surface area contributed by atoms with E-state index in [9.17, 15) is 0 Å². The smallest absolute Gasteiger partial charge is 0.191 e. The van der Waals surface area contributed by atoms with E-state index >= 15 is 0 Å². The number of nitrogens with zero attached hydrogens (tertiary/aromatic N) is 1. The number of hydrogen-bond donors (Lipinski definition) is 2. The first-order valence-electron chi connectivity index (χ1n) is 8.56. The molecule has 5 nitrogen and oxygen atoms in total. The number of rotatable bonds is 11. The first-order chi connectivity index (χ1) is 11.7. The number of unbranched alkanes of at least 4 members (excludes halogenated alkanes) is 1. The highest BCUT2D eigenvalue weighted by Crippen LogP contribution is 2.21. The molecule has 25 heavy (non-hydrogen) atoms. The van der Waals surface area contributed by atoms with Gasteiger partial charge in [0, 0.05) is 25.2 Å². The van der Waals surface area contributed by atoms with Gasteiger partial charge in [-0.3, -0.25) is 4.99 Å². The van der Waals surface area contributed by atoms with Gasteiger partial charge >= 0.3 is 0 Å². The van der Waals surface area contributed by atoms with Crippen LogP contribution in [0.1, 0.15) is 38.3 Å². The molecule has 0 fully saturated rings. The Hall–Kier alpha value is -0.570. The van der Waals surface area contributed by atoms with Gasteiger partial charge in [-0.05, 0) is 25.0 Å². The molecule has 0 aliphatic carbocycles. The van der Waals surface area contributed by atoms with Crippen molar-refractivity contribution in [2.24, 2.45) is 4.99 Å². The van der Waals surface area contributed by atoms with E-state index in [1.165, 1.54) is 0 Å². The molecule has 0 saturated carbocycles. The van der Waals surface area contributed by atoms with Gasteiger partial charge in [-0.1, -0.05) is 43.1 Å². The van der Waals surface area contributed by atoms with E-state index in [1.807, 2.05) is 24.3 Å². The van der Waals surface area contributed by atoms with Gasteiger partial charge in [0.05, 0.1) is 25.9 Å². The molecule has 1 atom stereocenters. The van der Waals surface area contributed by atoms with Crippen molar-refractivity contribution >= 4 is 41.5 Å². The topological polar surface area (TPSA) is 54.9 Å². The fraction of sp³-hybridized carbons (Fsp3) is 0.611. The predicted octanol–water partition coefficient (Wildman–Crippen LogP) is 4.02. The number of ether oxygens (including phenoxy) is 2. The Kier molecular flexibility index (Phi) is 15.3. The highest BCUT2D eigenvalue weighted by molar-refractivity contribution is 14.0. The van der Waals surface area contributed by atoms with E-state index in [2.05, 4.69) is 29.5 Å². The molecule has 0 aliphatic rings. The van der Waals surface area contributed by atoms with Crippen molar-refractivity contribution in [1.82, 2.24) is 10.6 Å². The molecule has 0 amide bonds. The van der Waals surface area contributed by atoms with Crippen molar-refractivity contribution in [2.75, 3.05) is 40.0 Å². The molecule has 1 rings (SSSR count). The zero-order chi connectivity index (χ0) is 17.6. The number of nitrogens with one attached hydrogen (secondary N) is 2. The Morgan fingerprint density at radius 1 is 1.16 bits per heavy atom. The van der Waals surface area contributed by atoms with Gasteiger partial charge in [0.1, 0.15) is 0 Å². The first kappa shape index (κ1) is 24.4. The van der Waals surface area contributed by atoms with Crippen LogP contribution >= 0.6 is 35.6 Å². The molecule has 0 radical (unpaired) electrons. The lowest BCUT2D eigenvalue weighted by atomic mass is 10.1. The normalized spacial score (nSPS) is 12.4. The molecule has 144 valence electrons. The molecular formula is C18H31ClIN3O2. The highest BCUT2D eigenvalue weighted by atomic mass is 127. The number of hydrogen-bond acceptors (Lipinski definition) is 3. The van der Waals surface area contributed by atoms with E-state index in [-0.39, 0.29) is 30.0 Å². The number of halogens is 2. The van der Waals surface area contributed by atoms with Crippen molar-refractivity contribution in [2.45, 2.75) is 32.7 Å². The zero-order valence-corrected chi connectivity index (χ0v) is 18.5. The SMILES string of the molecule is CCCCOCCOCCNC(=NC)NC(C)c1ccccc1Cl.I.